The van der Waals surface area contributed by atoms with Gasteiger partial charge in [0.15, 0.2) is 0 Å². The number of hydrogen-bond acceptors (Lipinski definition) is 5. The highest BCUT2D eigenvalue weighted by Gasteiger charge is 2.50. The number of carbonyl (C=O) groups excluding carboxylic acids is 1. The second-order valence-electron chi connectivity index (χ2n) is 7.23. The number of fused-ring (bicyclic) bond motifs is 1. The van der Waals surface area contributed by atoms with Gasteiger partial charge in [0, 0.05) is 30.8 Å². The van der Waals surface area contributed by atoms with Crippen LogP contribution in [0.3, 0.4) is 0 Å². The minimum Gasteiger partial charge on any atom is -0.380 e. The first kappa shape index (κ1) is 18.0. The number of amides is 1. The van der Waals surface area contributed by atoms with Crippen LogP contribution in [-0.2, 0) is 9.47 Å². The van der Waals surface area contributed by atoms with Gasteiger partial charge in [-0.2, -0.15) is 0 Å². The van der Waals surface area contributed by atoms with Crippen molar-refractivity contribution in [3.05, 3.63) is 35.5 Å². The number of pyridine rings is 1. The van der Waals surface area contributed by atoms with Gasteiger partial charge in [-0.3, -0.25) is 4.79 Å². The summed E-state index contributed by atoms with van der Waals surface area (Å²) in [5.41, 5.74) is 2.11. The number of ether oxygens (including phenoxy) is 2. The van der Waals surface area contributed by atoms with Crippen LogP contribution in [0.2, 0.25) is 0 Å². The molecule has 0 spiro atoms. The lowest BCUT2D eigenvalue weighted by Crippen LogP contribution is -2.59. The van der Waals surface area contributed by atoms with E-state index in [0.717, 1.165) is 62.6 Å². The van der Waals surface area contributed by atoms with Gasteiger partial charge < -0.3 is 14.4 Å². The van der Waals surface area contributed by atoms with Gasteiger partial charge in [0.25, 0.3) is 5.91 Å². The van der Waals surface area contributed by atoms with Crippen LogP contribution in [0.25, 0.3) is 0 Å². The van der Waals surface area contributed by atoms with Crippen LogP contribution in [0.1, 0.15) is 36.0 Å². The Morgan fingerprint density at radius 2 is 2.31 bits per heavy atom. The van der Waals surface area contributed by atoms with Crippen LogP contribution in [0.15, 0.2) is 35.0 Å². The quantitative estimate of drug-likeness (QED) is 0.601. The highest BCUT2D eigenvalue weighted by atomic mass is 32.2. The van der Waals surface area contributed by atoms with E-state index in [4.69, 9.17) is 9.47 Å². The lowest BCUT2D eigenvalue weighted by Gasteiger charge is -2.54. The number of aromatic nitrogens is 1. The molecule has 2 saturated heterocycles. The zero-order valence-electron chi connectivity index (χ0n) is 15.3. The molecule has 2 fully saturated rings. The number of hydrogen-bond donors (Lipinski definition) is 0. The maximum atomic E-state index is 13.4. The molecule has 140 valence electrons. The molecule has 1 amide bonds. The molecule has 26 heavy (non-hydrogen) atoms. The van der Waals surface area contributed by atoms with Gasteiger partial charge >= 0.3 is 0 Å². The Morgan fingerprint density at radius 1 is 1.38 bits per heavy atom. The number of carbonyl (C=O) groups is 1. The van der Waals surface area contributed by atoms with Crippen molar-refractivity contribution in [3.63, 3.8) is 0 Å². The SMILES string of the molecule is CSc1ncccc1C(=O)N1CCC[C@@]2(C3=CCOCC3)COCC[C@H]12. The fourth-order valence-electron chi connectivity index (χ4n) is 4.80. The van der Waals surface area contributed by atoms with Crippen molar-refractivity contribution in [1.82, 2.24) is 9.88 Å². The van der Waals surface area contributed by atoms with Gasteiger partial charge in [0.1, 0.15) is 5.03 Å². The van der Waals surface area contributed by atoms with Crippen molar-refractivity contribution in [3.8, 4) is 0 Å². The monoisotopic (exact) mass is 374 g/mol. The summed E-state index contributed by atoms with van der Waals surface area (Å²) in [6, 6.07) is 3.97. The Kier molecular flexibility index (Phi) is 5.34. The van der Waals surface area contributed by atoms with Gasteiger partial charge in [0.05, 0.1) is 25.4 Å². The molecule has 4 rings (SSSR count). The Labute approximate surface area is 159 Å². The van der Waals surface area contributed by atoms with Gasteiger partial charge in [-0.25, -0.2) is 4.98 Å². The van der Waals surface area contributed by atoms with E-state index in [1.54, 1.807) is 6.20 Å². The molecule has 0 aliphatic carbocycles. The Bertz CT molecular complexity index is 704. The lowest BCUT2D eigenvalue weighted by molar-refractivity contribution is -0.0739. The summed E-state index contributed by atoms with van der Waals surface area (Å²) >= 11 is 1.53. The number of likely N-dealkylation sites (tertiary alicyclic amines) is 1. The van der Waals surface area contributed by atoms with Crippen molar-refractivity contribution < 1.29 is 14.3 Å². The molecular weight excluding hydrogens is 348 g/mol. The molecule has 1 aromatic heterocycles. The number of thioether (sulfide) groups is 1. The van der Waals surface area contributed by atoms with Crippen molar-refractivity contribution in [2.75, 3.05) is 39.2 Å². The molecule has 0 N–H and O–H groups in total. The molecule has 4 heterocycles. The van der Waals surface area contributed by atoms with Crippen LogP contribution in [0.4, 0.5) is 0 Å². The molecule has 0 radical (unpaired) electrons. The van der Waals surface area contributed by atoms with Crippen LogP contribution in [0.5, 0.6) is 0 Å². The molecule has 6 heteroatoms. The Balaban J connectivity index is 1.68. The molecule has 2 atom stereocenters. The normalized spacial score (nSPS) is 29.0. The smallest absolute Gasteiger partial charge is 0.256 e. The fraction of sp³-hybridized carbons (Fsp3) is 0.600. The topological polar surface area (TPSA) is 51.7 Å². The summed E-state index contributed by atoms with van der Waals surface area (Å²) in [6.07, 6.45) is 9.92. The second-order valence-corrected chi connectivity index (χ2v) is 8.02. The van der Waals surface area contributed by atoms with Crippen molar-refractivity contribution >= 4 is 17.7 Å². The predicted molar refractivity (Wildman–Crippen MR) is 101 cm³/mol. The van der Waals surface area contributed by atoms with E-state index in [0.29, 0.717) is 6.61 Å². The highest BCUT2D eigenvalue weighted by Crippen LogP contribution is 2.48. The summed E-state index contributed by atoms with van der Waals surface area (Å²) in [5.74, 6) is 0.117. The average molecular weight is 375 g/mol. The molecule has 0 unspecified atom stereocenters. The molecule has 0 bridgehead atoms. The molecule has 1 aromatic rings. The lowest BCUT2D eigenvalue weighted by atomic mass is 9.65. The van der Waals surface area contributed by atoms with Crippen molar-refractivity contribution in [1.29, 1.82) is 0 Å². The zero-order valence-corrected chi connectivity index (χ0v) is 16.1. The zero-order chi connectivity index (χ0) is 18.0. The third kappa shape index (κ3) is 3.08. The van der Waals surface area contributed by atoms with Crippen LogP contribution in [-0.4, -0.2) is 61.1 Å². The van der Waals surface area contributed by atoms with E-state index in [-0.39, 0.29) is 17.4 Å². The van der Waals surface area contributed by atoms with Gasteiger partial charge in [-0.15, -0.1) is 11.8 Å². The molecule has 0 saturated carbocycles. The highest BCUT2D eigenvalue weighted by molar-refractivity contribution is 7.98. The van der Waals surface area contributed by atoms with Crippen LogP contribution in [0, 0.1) is 5.41 Å². The molecule has 5 nitrogen and oxygen atoms in total. The van der Waals surface area contributed by atoms with Crippen LogP contribution < -0.4 is 0 Å². The maximum Gasteiger partial charge on any atom is 0.256 e. The van der Waals surface area contributed by atoms with Gasteiger partial charge in [-0.1, -0.05) is 11.6 Å². The Hall–Kier alpha value is -1.37. The first-order chi connectivity index (χ1) is 12.8. The molecule has 3 aliphatic rings. The third-order valence-electron chi connectivity index (χ3n) is 5.99. The minimum absolute atomic E-state index is 0.0440. The summed E-state index contributed by atoms with van der Waals surface area (Å²) in [4.78, 5) is 19.9. The number of nitrogens with zero attached hydrogens (tertiary/aromatic N) is 2. The first-order valence-electron chi connectivity index (χ1n) is 9.41. The van der Waals surface area contributed by atoms with Gasteiger partial charge in [-0.05, 0) is 44.1 Å². The van der Waals surface area contributed by atoms with E-state index < -0.39 is 0 Å². The first-order valence-corrected chi connectivity index (χ1v) is 10.6. The van der Waals surface area contributed by atoms with E-state index in [1.807, 2.05) is 18.4 Å². The predicted octanol–water partition coefficient (Wildman–Crippen LogP) is 3.16. The summed E-state index contributed by atoms with van der Waals surface area (Å²) in [7, 11) is 0. The van der Waals surface area contributed by atoms with E-state index in [1.165, 1.54) is 17.3 Å². The third-order valence-corrected chi connectivity index (χ3v) is 6.70. The van der Waals surface area contributed by atoms with E-state index in [9.17, 15) is 4.79 Å². The van der Waals surface area contributed by atoms with Crippen molar-refractivity contribution in [2.24, 2.45) is 5.41 Å². The number of rotatable bonds is 3. The van der Waals surface area contributed by atoms with E-state index in [2.05, 4.69) is 16.0 Å². The summed E-state index contributed by atoms with van der Waals surface area (Å²) < 4.78 is 11.5. The molecular formula is C20H26N2O3S. The Morgan fingerprint density at radius 3 is 3.12 bits per heavy atom. The largest absolute Gasteiger partial charge is 0.380 e. The van der Waals surface area contributed by atoms with Crippen molar-refractivity contribution in [2.45, 2.75) is 36.8 Å². The second kappa shape index (κ2) is 7.71. The number of piperidine rings is 1. The summed E-state index contributed by atoms with van der Waals surface area (Å²) in [5, 5.41) is 0.811. The van der Waals surface area contributed by atoms with Crippen LogP contribution >= 0.6 is 11.8 Å². The maximum absolute atomic E-state index is 13.4. The standard InChI is InChI=1S/C20H26N2O3S/c1-26-18-16(4-2-9-21-18)19(23)22-10-3-8-20(14-25-13-7-17(20)22)15-5-11-24-12-6-15/h2,4-5,9,17H,3,6-8,10-14H2,1H3/t17-,20-/m0/s1. The van der Waals surface area contributed by atoms with Gasteiger partial charge in [0.2, 0.25) is 0 Å². The molecule has 3 aliphatic heterocycles. The average Bonchev–Trinajstić information content (AvgIpc) is 2.73. The van der Waals surface area contributed by atoms with E-state index >= 15 is 0 Å². The fourth-order valence-corrected chi connectivity index (χ4v) is 5.34. The minimum atomic E-state index is -0.0440. The summed E-state index contributed by atoms with van der Waals surface area (Å²) in [6.45, 7) is 3.71. The molecule has 0 aromatic carbocycles.